The van der Waals surface area contributed by atoms with E-state index in [0.29, 0.717) is 17.8 Å². The van der Waals surface area contributed by atoms with Crippen LogP contribution in [0.15, 0.2) is 36.4 Å². The minimum Gasteiger partial charge on any atom is -0.373 e. The van der Waals surface area contributed by atoms with Gasteiger partial charge < -0.3 is 4.74 Å². The minimum atomic E-state index is -0.0672. The largest absolute Gasteiger partial charge is 0.373 e. The van der Waals surface area contributed by atoms with Crippen LogP contribution in [0.3, 0.4) is 0 Å². The summed E-state index contributed by atoms with van der Waals surface area (Å²) in [5, 5.41) is 0. The molecular weight excluding hydrogens is 395 g/mol. The molecule has 0 radical (unpaired) electrons. The molecule has 0 spiro atoms. The van der Waals surface area contributed by atoms with Crippen LogP contribution in [0, 0.1) is 25.6 Å². The van der Waals surface area contributed by atoms with E-state index in [1.165, 1.54) is 55.2 Å². The topological polar surface area (TPSA) is 9.23 Å². The maximum Gasteiger partial charge on any atom is 0.132 e. The zero-order chi connectivity index (χ0) is 22.5. The van der Waals surface area contributed by atoms with Gasteiger partial charge >= 0.3 is 0 Å². The maximum atomic E-state index is 15.4. The van der Waals surface area contributed by atoms with Gasteiger partial charge in [0, 0.05) is 5.56 Å². The van der Waals surface area contributed by atoms with Crippen molar-refractivity contribution in [2.45, 2.75) is 103 Å². The molecule has 174 valence electrons. The van der Waals surface area contributed by atoms with Crippen molar-refractivity contribution in [2.24, 2.45) is 5.92 Å². The zero-order valence-corrected chi connectivity index (χ0v) is 20.3. The molecule has 0 N–H and O–H groups in total. The fourth-order valence-corrected chi connectivity index (χ4v) is 5.95. The lowest BCUT2D eigenvalue weighted by atomic mass is 9.75. The van der Waals surface area contributed by atoms with Crippen LogP contribution < -0.4 is 0 Å². The monoisotopic (exact) mass is 436 g/mol. The molecule has 2 heteroatoms. The first-order valence-corrected chi connectivity index (χ1v) is 13.0. The molecule has 4 rings (SSSR count). The van der Waals surface area contributed by atoms with Crippen LogP contribution in [0.1, 0.15) is 117 Å². The Morgan fingerprint density at radius 2 is 1.50 bits per heavy atom. The smallest absolute Gasteiger partial charge is 0.132 e. The van der Waals surface area contributed by atoms with E-state index in [1.54, 1.807) is 0 Å². The van der Waals surface area contributed by atoms with Gasteiger partial charge in [0.2, 0.25) is 0 Å². The molecule has 32 heavy (non-hydrogen) atoms. The van der Waals surface area contributed by atoms with Gasteiger partial charge in [0.25, 0.3) is 0 Å². The summed E-state index contributed by atoms with van der Waals surface area (Å²) >= 11 is 0. The van der Waals surface area contributed by atoms with Gasteiger partial charge in [-0.1, -0.05) is 68.1 Å². The second-order valence-corrected chi connectivity index (χ2v) is 10.4. The fraction of sp³-hybridized carbons (Fsp3) is 0.600. The number of hydrogen-bond donors (Lipinski definition) is 0. The number of benzene rings is 2. The highest BCUT2D eigenvalue weighted by atomic mass is 19.1. The lowest BCUT2D eigenvalue weighted by molar-refractivity contribution is -0.0216. The minimum absolute atomic E-state index is 0.0161. The molecule has 1 saturated heterocycles. The van der Waals surface area contributed by atoms with Gasteiger partial charge in [0.1, 0.15) is 5.82 Å². The van der Waals surface area contributed by atoms with Crippen molar-refractivity contribution in [1.29, 1.82) is 0 Å². The standard InChI is InChI=1S/C30H41FO/c1-4-5-6-7-23-10-19-29(32-20-23)28-18-17-27(22(3)30(28)31)26-15-13-25(14-16-26)24-11-8-21(2)9-12-24/h8-9,11-12,17-18,23,25-26,29H,4-7,10,13-16,19-20H2,1-3H3. The highest BCUT2D eigenvalue weighted by Gasteiger charge is 2.29. The summed E-state index contributed by atoms with van der Waals surface area (Å²) in [6.07, 6.45) is 11.9. The van der Waals surface area contributed by atoms with E-state index in [9.17, 15) is 0 Å². The van der Waals surface area contributed by atoms with Crippen molar-refractivity contribution in [3.05, 3.63) is 70.0 Å². The summed E-state index contributed by atoms with van der Waals surface area (Å²) in [7, 11) is 0. The first-order valence-electron chi connectivity index (χ1n) is 13.0. The molecule has 1 heterocycles. The average molecular weight is 437 g/mol. The van der Waals surface area contributed by atoms with Gasteiger partial charge in [-0.05, 0) is 93.2 Å². The third-order valence-corrected chi connectivity index (χ3v) is 8.11. The molecular formula is C30H41FO. The van der Waals surface area contributed by atoms with Gasteiger partial charge in [0.05, 0.1) is 12.7 Å². The Morgan fingerprint density at radius 1 is 0.812 bits per heavy atom. The number of rotatable bonds is 7. The molecule has 2 atom stereocenters. The van der Waals surface area contributed by atoms with Crippen LogP contribution in [0.4, 0.5) is 4.39 Å². The maximum absolute atomic E-state index is 15.4. The summed E-state index contributed by atoms with van der Waals surface area (Å²) in [6, 6.07) is 13.3. The van der Waals surface area contributed by atoms with Crippen molar-refractivity contribution in [1.82, 2.24) is 0 Å². The molecule has 0 amide bonds. The number of aryl methyl sites for hydroxylation is 1. The molecule has 0 bridgehead atoms. The van der Waals surface area contributed by atoms with E-state index < -0.39 is 0 Å². The van der Waals surface area contributed by atoms with Gasteiger partial charge in [0.15, 0.2) is 0 Å². The summed E-state index contributed by atoms with van der Waals surface area (Å²) in [5.74, 6) is 1.77. The average Bonchev–Trinajstić information content (AvgIpc) is 2.82. The van der Waals surface area contributed by atoms with Crippen LogP contribution in [0.2, 0.25) is 0 Å². The highest BCUT2D eigenvalue weighted by molar-refractivity contribution is 5.37. The van der Waals surface area contributed by atoms with E-state index >= 15 is 4.39 Å². The summed E-state index contributed by atoms with van der Waals surface area (Å²) in [4.78, 5) is 0. The van der Waals surface area contributed by atoms with Crippen molar-refractivity contribution >= 4 is 0 Å². The van der Waals surface area contributed by atoms with Crippen molar-refractivity contribution < 1.29 is 9.13 Å². The van der Waals surface area contributed by atoms with E-state index in [-0.39, 0.29) is 11.9 Å². The Labute approximate surface area is 194 Å². The lowest BCUT2D eigenvalue weighted by Crippen LogP contribution is -2.22. The first kappa shape index (κ1) is 23.5. The quantitative estimate of drug-likeness (QED) is 0.394. The molecule has 2 aliphatic rings. The summed E-state index contributed by atoms with van der Waals surface area (Å²) in [5.41, 5.74) is 5.65. The summed E-state index contributed by atoms with van der Waals surface area (Å²) in [6.45, 7) is 7.16. The highest BCUT2D eigenvalue weighted by Crippen LogP contribution is 2.43. The predicted molar refractivity (Wildman–Crippen MR) is 132 cm³/mol. The SMILES string of the molecule is CCCCCC1CCC(c2ccc(C3CCC(c4ccc(C)cc4)CC3)c(C)c2F)OC1. The molecule has 0 aromatic heterocycles. The molecule has 1 nitrogen and oxygen atoms in total. The van der Waals surface area contributed by atoms with Crippen LogP contribution >= 0.6 is 0 Å². The van der Waals surface area contributed by atoms with Crippen LogP contribution in [0.25, 0.3) is 0 Å². The number of hydrogen-bond acceptors (Lipinski definition) is 1. The first-order chi connectivity index (χ1) is 15.6. The molecule has 1 saturated carbocycles. The van der Waals surface area contributed by atoms with Gasteiger partial charge in [-0.15, -0.1) is 0 Å². The number of ether oxygens (including phenoxy) is 1. The van der Waals surface area contributed by atoms with Crippen molar-refractivity contribution in [3.8, 4) is 0 Å². The third kappa shape index (κ3) is 5.45. The van der Waals surface area contributed by atoms with Gasteiger partial charge in [-0.2, -0.15) is 0 Å². The Hall–Kier alpha value is -1.67. The summed E-state index contributed by atoms with van der Waals surface area (Å²) < 4.78 is 21.6. The molecule has 1 aliphatic heterocycles. The van der Waals surface area contributed by atoms with Crippen molar-refractivity contribution in [2.75, 3.05) is 6.61 Å². The van der Waals surface area contributed by atoms with E-state index in [2.05, 4.69) is 44.2 Å². The van der Waals surface area contributed by atoms with Gasteiger partial charge in [-0.3, -0.25) is 0 Å². The second kappa shape index (κ2) is 11.0. The molecule has 2 aromatic carbocycles. The third-order valence-electron chi connectivity index (χ3n) is 8.11. The molecule has 2 fully saturated rings. The number of halogens is 1. The molecule has 2 aromatic rings. The van der Waals surface area contributed by atoms with E-state index in [0.717, 1.165) is 43.4 Å². The van der Waals surface area contributed by atoms with Crippen LogP contribution in [-0.2, 0) is 4.74 Å². The Kier molecular flexibility index (Phi) is 8.05. The van der Waals surface area contributed by atoms with Crippen molar-refractivity contribution in [3.63, 3.8) is 0 Å². The lowest BCUT2D eigenvalue weighted by Gasteiger charge is -2.32. The molecule has 2 unspecified atom stereocenters. The van der Waals surface area contributed by atoms with E-state index in [4.69, 9.17) is 4.74 Å². The number of unbranched alkanes of at least 4 members (excludes halogenated alkanes) is 2. The predicted octanol–water partition coefficient (Wildman–Crippen LogP) is 8.93. The van der Waals surface area contributed by atoms with Crippen LogP contribution in [-0.4, -0.2) is 6.61 Å². The van der Waals surface area contributed by atoms with E-state index in [1.807, 2.05) is 13.0 Å². The van der Waals surface area contributed by atoms with Gasteiger partial charge in [-0.25, -0.2) is 4.39 Å². The Bertz CT molecular complexity index is 855. The molecule has 1 aliphatic carbocycles. The normalized spacial score (nSPS) is 26.2. The van der Waals surface area contributed by atoms with Crippen LogP contribution in [0.5, 0.6) is 0 Å². The zero-order valence-electron chi connectivity index (χ0n) is 20.3. The Balaban J connectivity index is 1.36. The Morgan fingerprint density at radius 3 is 2.16 bits per heavy atom. The second-order valence-electron chi connectivity index (χ2n) is 10.4. The fourth-order valence-electron chi connectivity index (χ4n) is 5.95.